The summed E-state index contributed by atoms with van der Waals surface area (Å²) in [6.07, 6.45) is 1.29. The zero-order valence-electron chi connectivity index (χ0n) is 12.6. The van der Waals surface area contributed by atoms with E-state index < -0.39 is 5.91 Å². The number of nitrogens with one attached hydrogen (secondary N) is 1. The van der Waals surface area contributed by atoms with E-state index in [1.54, 1.807) is 36.4 Å². The quantitative estimate of drug-likeness (QED) is 0.605. The van der Waals surface area contributed by atoms with Crippen LogP contribution in [0.15, 0.2) is 41.5 Å². The van der Waals surface area contributed by atoms with Crippen LogP contribution in [0.25, 0.3) is 0 Å². The van der Waals surface area contributed by atoms with Gasteiger partial charge < -0.3 is 14.6 Å². The monoisotopic (exact) mass is 368 g/mol. The number of carbonyl (C=O) groups excluding carboxylic acids is 1. The van der Waals surface area contributed by atoms with E-state index in [0.717, 1.165) is 0 Å². The summed E-state index contributed by atoms with van der Waals surface area (Å²) in [5.74, 6) is 0.0441. The van der Waals surface area contributed by atoms with Gasteiger partial charge in [0.15, 0.2) is 18.1 Å². The van der Waals surface area contributed by atoms with Gasteiger partial charge in [-0.1, -0.05) is 35.3 Å². The molecule has 0 aliphatic rings. The summed E-state index contributed by atoms with van der Waals surface area (Å²) in [6.45, 7) is -0.290. The van der Waals surface area contributed by atoms with Crippen LogP contribution < -0.4 is 14.9 Å². The fourth-order valence-corrected chi connectivity index (χ4v) is 2.10. The Hall–Kier alpha value is -2.44. The van der Waals surface area contributed by atoms with Gasteiger partial charge in [0.05, 0.1) is 18.3 Å². The van der Waals surface area contributed by atoms with Crippen molar-refractivity contribution in [2.75, 3.05) is 13.7 Å². The number of hydrogen-bond acceptors (Lipinski definition) is 5. The van der Waals surface area contributed by atoms with Crippen molar-refractivity contribution in [2.24, 2.45) is 5.10 Å². The van der Waals surface area contributed by atoms with E-state index >= 15 is 0 Å². The second-order valence-corrected chi connectivity index (χ2v) is 5.32. The molecule has 0 fully saturated rings. The number of nitrogens with zero attached hydrogens (tertiary/aromatic N) is 1. The Balaban J connectivity index is 1.90. The molecule has 0 unspecified atom stereocenters. The molecule has 0 atom stereocenters. The highest BCUT2D eigenvalue weighted by molar-refractivity contribution is 6.42. The maximum atomic E-state index is 11.7. The average molecular weight is 369 g/mol. The van der Waals surface area contributed by atoms with Crippen molar-refractivity contribution in [2.45, 2.75) is 0 Å². The SMILES string of the molecule is COc1cccc(C=NNC(=O)COc2cccc(Cl)c2Cl)c1O. The minimum atomic E-state index is -0.496. The van der Waals surface area contributed by atoms with E-state index in [1.807, 2.05) is 0 Å². The first-order valence-corrected chi connectivity index (χ1v) is 7.53. The lowest BCUT2D eigenvalue weighted by atomic mass is 10.2. The zero-order chi connectivity index (χ0) is 17.5. The van der Waals surface area contributed by atoms with Crippen LogP contribution in [0.5, 0.6) is 17.2 Å². The van der Waals surface area contributed by atoms with Crippen molar-refractivity contribution in [1.29, 1.82) is 0 Å². The van der Waals surface area contributed by atoms with Gasteiger partial charge in [-0.15, -0.1) is 0 Å². The van der Waals surface area contributed by atoms with Crippen LogP contribution in [0.2, 0.25) is 10.0 Å². The maximum absolute atomic E-state index is 11.7. The van der Waals surface area contributed by atoms with Gasteiger partial charge >= 0.3 is 0 Å². The number of amides is 1. The van der Waals surface area contributed by atoms with Crippen LogP contribution in [-0.4, -0.2) is 30.9 Å². The lowest BCUT2D eigenvalue weighted by Crippen LogP contribution is -2.24. The Morgan fingerprint density at radius 3 is 2.71 bits per heavy atom. The molecule has 0 radical (unpaired) electrons. The number of para-hydroxylation sites is 1. The van der Waals surface area contributed by atoms with Crippen LogP contribution in [0.3, 0.4) is 0 Å². The van der Waals surface area contributed by atoms with Crippen LogP contribution in [0, 0.1) is 0 Å². The summed E-state index contributed by atoms with van der Waals surface area (Å²) in [7, 11) is 1.44. The predicted octanol–water partition coefficient (Wildman–Crippen LogP) is 3.24. The van der Waals surface area contributed by atoms with Gasteiger partial charge in [0, 0.05) is 5.56 Å². The molecule has 0 aromatic heterocycles. The predicted molar refractivity (Wildman–Crippen MR) is 92.4 cm³/mol. The smallest absolute Gasteiger partial charge is 0.277 e. The highest BCUT2D eigenvalue weighted by Gasteiger charge is 2.08. The highest BCUT2D eigenvalue weighted by atomic mass is 35.5. The molecule has 1 amide bonds. The Labute approximate surface area is 148 Å². The molecule has 24 heavy (non-hydrogen) atoms. The summed E-state index contributed by atoms with van der Waals surface area (Å²) in [4.78, 5) is 11.7. The molecule has 126 valence electrons. The standard InChI is InChI=1S/C16H14Cl2N2O4/c1-23-13-7-2-4-10(16(13)22)8-19-20-14(21)9-24-12-6-3-5-11(17)15(12)18/h2-8,22H,9H2,1H3,(H,20,21). The van der Waals surface area contributed by atoms with Gasteiger partial charge in [0.2, 0.25) is 0 Å². The molecule has 6 nitrogen and oxygen atoms in total. The summed E-state index contributed by atoms with van der Waals surface area (Å²) in [5, 5.41) is 14.2. The van der Waals surface area contributed by atoms with Crippen molar-refractivity contribution < 1.29 is 19.4 Å². The Morgan fingerprint density at radius 2 is 1.96 bits per heavy atom. The Kier molecular flexibility index (Phi) is 6.28. The minimum absolute atomic E-state index is 0.0695. The van der Waals surface area contributed by atoms with Gasteiger partial charge in [0.25, 0.3) is 5.91 Å². The van der Waals surface area contributed by atoms with Crippen LogP contribution in [0.1, 0.15) is 5.56 Å². The van der Waals surface area contributed by atoms with Crippen molar-refractivity contribution in [1.82, 2.24) is 5.43 Å². The summed E-state index contributed by atoms with van der Waals surface area (Å²) < 4.78 is 10.2. The lowest BCUT2D eigenvalue weighted by Gasteiger charge is -2.07. The normalized spacial score (nSPS) is 10.6. The number of benzene rings is 2. The van der Waals surface area contributed by atoms with Gasteiger partial charge in [-0.25, -0.2) is 5.43 Å². The molecule has 0 saturated carbocycles. The molecule has 8 heteroatoms. The summed E-state index contributed by atoms with van der Waals surface area (Å²) in [5.41, 5.74) is 2.67. The third-order valence-corrected chi connectivity index (χ3v) is 3.72. The number of rotatable bonds is 6. The van der Waals surface area contributed by atoms with Gasteiger partial charge in [-0.2, -0.15) is 5.10 Å². The van der Waals surface area contributed by atoms with Crippen molar-refractivity contribution >= 4 is 35.3 Å². The topological polar surface area (TPSA) is 80.2 Å². The molecule has 0 aliphatic heterocycles. The number of hydrazone groups is 1. The van der Waals surface area contributed by atoms with E-state index in [2.05, 4.69) is 10.5 Å². The van der Waals surface area contributed by atoms with Gasteiger partial charge in [-0.3, -0.25) is 4.79 Å². The molecule has 2 N–H and O–H groups in total. The number of carbonyl (C=O) groups is 1. The van der Waals surface area contributed by atoms with E-state index in [0.29, 0.717) is 22.1 Å². The van der Waals surface area contributed by atoms with Crippen molar-refractivity contribution in [3.63, 3.8) is 0 Å². The van der Waals surface area contributed by atoms with E-state index in [-0.39, 0.29) is 17.4 Å². The van der Waals surface area contributed by atoms with Gasteiger partial charge in [0.1, 0.15) is 10.8 Å². The molecule has 0 aliphatic carbocycles. The first-order chi connectivity index (χ1) is 11.5. The number of halogens is 2. The number of methoxy groups -OCH3 is 1. The number of phenols is 1. The highest BCUT2D eigenvalue weighted by Crippen LogP contribution is 2.31. The molecule has 2 aromatic carbocycles. The number of hydrogen-bond donors (Lipinski definition) is 2. The van der Waals surface area contributed by atoms with Gasteiger partial charge in [-0.05, 0) is 24.3 Å². The van der Waals surface area contributed by atoms with Crippen LogP contribution in [0.4, 0.5) is 0 Å². The van der Waals surface area contributed by atoms with E-state index in [9.17, 15) is 9.90 Å². The third kappa shape index (κ3) is 4.53. The maximum Gasteiger partial charge on any atom is 0.277 e. The van der Waals surface area contributed by atoms with E-state index in [1.165, 1.54) is 13.3 Å². The molecule has 2 rings (SSSR count). The van der Waals surface area contributed by atoms with E-state index in [4.69, 9.17) is 32.7 Å². The van der Waals surface area contributed by atoms with Crippen LogP contribution in [-0.2, 0) is 4.79 Å². The summed E-state index contributed by atoms with van der Waals surface area (Å²) in [6, 6.07) is 9.78. The number of ether oxygens (including phenoxy) is 2. The van der Waals surface area contributed by atoms with Crippen molar-refractivity contribution in [3.8, 4) is 17.2 Å². The third-order valence-electron chi connectivity index (χ3n) is 2.92. The molecular weight excluding hydrogens is 355 g/mol. The first-order valence-electron chi connectivity index (χ1n) is 6.77. The number of aromatic hydroxyl groups is 1. The molecule has 0 saturated heterocycles. The lowest BCUT2D eigenvalue weighted by molar-refractivity contribution is -0.123. The fraction of sp³-hybridized carbons (Fsp3) is 0.125. The second kappa shape index (κ2) is 8.42. The zero-order valence-corrected chi connectivity index (χ0v) is 14.1. The van der Waals surface area contributed by atoms with Crippen LogP contribution >= 0.6 is 23.2 Å². The first kappa shape index (κ1) is 17.9. The Morgan fingerprint density at radius 1 is 1.25 bits per heavy atom. The molecule has 0 spiro atoms. The summed E-state index contributed by atoms with van der Waals surface area (Å²) >= 11 is 11.8. The fourth-order valence-electron chi connectivity index (χ4n) is 1.75. The number of phenolic OH excluding ortho intramolecular Hbond substituents is 1. The molecule has 2 aromatic rings. The molecular formula is C16H14Cl2N2O4. The average Bonchev–Trinajstić information content (AvgIpc) is 2.58. The minimum Gasteiger partial charge on any atom is -0.504 e. The Bertz CT molecular complexity index is 766. The van der Waals surface area contributed by atoms with Crippen molar-refractivity contribution in [3.05, 3.63) is 52.0 Å². The second-order valence-electron chi connectivity index (χ2n) is 4.53. The molecule has 0 bridgehead atoms. The largest absolute Gasteiger partial charge is 0.504 e. The molecule has 0 heterocycles.